The third-order valence-electron chi connectivity index (χ3n) is 1.95. The van der Waals surface area contributed by atoms with Gasteiger partial charge in [0, 0.05) is 10.0 Å². The van der Waals surface area contributed by atoms with Crippen LogP contribution in [0.5, 0.6) is 0 Å². The van der Waals surface area contributed by atoms with E-state index >= 15 is 0 Å². The maximum atomic E-state index is 13.3. The van der Waals surface area contributed by atoms with Crippen molar-refractivity contribution in [3.63, 3.8) is 0 Å². The number of benzene rings is 1. The predicted molar refractivity (Wildman–Crippen MR) is 58.6 cm³/mol. The van der Waals surface area contributed by atoms with Crippen LogP contribution in [-0.2, 0) is 14.3 Å². The van der Waals surface area contributed by atoms with E-state index in [0.717, 1.165) is 19.1 Å². The molecule has 0 saturated carbocycles. The third-order valence-corrected chi connectivity index (χ3v) is 3.55. The van der Waals surface area contributed by atoms with Gasteiger partial charge in [-0.1, -0.05) is 15.9 Å². The van der Waals surface area contributed by atoms with Gasteiger partial charge in [0.15, 0.2) is 0 Å². The molecule has 1 aromatic rings. The van der Waals surface area contributed by atoms with Crippen LogP contribution in [0.4, 0.5) is 17.6 Å². The molecule has 1 rings (SSSR count). The fourth-order valence-electron chi connectivity index (χ4n) is 1.12. The number of alkyl halides is 3. The van der Waals surface area contributed by atoms with Crippen LogP contribution in [-0.4, -0.2) is 13.9 Å². The first-order valence-corrected chi connectivity index (χ1v) is 6.69. The minimum atomic E-state index is -5.76. The average Bonchev–Trinajstić information content (AvgIpc) is 2.19. The van der Waals surface area contributed by atoms with Gasteiger partial charge in [-0.15, -0.1) is 0 Å². The van der Waals surface area contributed by atoms with Crippen LogP contribution in [0.2, 0.25) is 0 Å². The Kier molecular flexibility index (Phi) is 4.39. The Morgan fingerprint density at radius 3 is 2.39 bits per heavy atom. The van der Waals surface area contributed by atoms with Crippen LogP contribution in [0, 0.1) is 5.82 Å². The van der Waals surface area contributed by atoms with Crippen LogP contribution in [0.15, 0.2) is 22.7 Å². The van der Waals surface area contributed by atoms with Crippen molar-refractivity contribution >= 4 is 26.0 Å². The second-order valence-corrected chi connectivity index (χ2v) is 5.78. The highest BCUT2D eigenvalue weighted by Gasteiger charge is 2.48. The Hall–Kier alpha value is -0.670. The molecule has 102 valence electrons. The SMILES string of the molecule is CC(OS(=O)(=O)C(F)(F)F)c1cc(Br)ccc1F. The summed E-state index contributed by atoms with van der Waals surface area (Å²) in [6.45, 7) is 1.01. The Bertz CT molecular complexity index is 541. The van der Waals surface area contributed by atoms with E-state index in [1.54, 1.807) is 0 Å². The molecule has 1 atom stereocenters. The summed E-state index contributed by atoms with van der Waals surface area (Å²) in [5.41, 5.74) is -5.83. The van der Waals surface area contributed by atoms with Gasteiger partial charge >= 0.3 is 15.6 Å². The molecule has 0 radical (unpaired) electrons. The first kappa shape index (κ1) is 15.4. The normalized spacial score (nSPS) is 14.6. The minimum Gasteiger partial charge on any atom is -0.255 e. The number of halogens is 5. The van der Waals surface area contributed by atoms with Crippen molar-refractivity contribution in [3.8, 4) is 0 Å². The molecule has 3 nitrogen and oxygen atoms in total. The van der Waals surface area contributed by atoms with Crippen molar-refractivity contribution in [2.45, 2.75) is 18.5 Å². The van der Waals surface area contributed by atoms with Gasteiger partial charge in [0.1, 0.15) is 11.9 Å². The van der Waals surface area contributed by atoms with Crippen LogP contribution in [0.1, 0.15) is 18.6 Å². The number of hydrogen-bond donors (Lipinski definition) is 0. The van der Waals surface area contributed by atoms with Gasteiger partial charge in [-0.25, -0.2) is 4.39 Å². The smallest absolute Gasteiger partial charge is 0.255 e. The molecule has 0 aromatic heterocycles. The Morgan fingerprint density at radius 1 is 1.33 bits per heavy atom. The summed E-state index contributed by atoms with van der Waals surface area (Å²) in [5.74, 6) is -0.858. The molecule has 0 heterocycles. The monoisotopic (exact) mass is 350 g/mol. The van der Waals surface area contributed by atoms with E-state index in [2.05, 4.69) is 20.1 Å². The lowest BCUT2D eigenvalue weighted by atomic mass is 10.1. The minimum absolute atomic E-state index is 0.294. The standard InChI is InChI=1S/C9H7BrF4O3S/c1-5(17-18(15,16)9(12,13)14)7-4-6(10)2-3-8(7)11/h2-5H,1H3. The van der Waals surface area contributed by atoms with Crippen LogP contribution in [0.3, 0.4) is 0 Å². The number of rotatable bonds is 3. The zero-order valence-corrected chi connectivity index (χ0v) is 11.2. The van der Waals surface area contributed by atoms with Crippen molar-refractivity contribution in [2.24, 2.45) is 0 Å². The van der Waals surface area contributed by atoms with Gasteiger partial charge in [-0.2, -0.15) is 21.6 Å². The predicted octanol–water partition coefficient (Wildman–Crippen LogP) is 3.52. The molecular weight excluding hydrogens is 344 g/mol. The van der Waals surface area contributed by atoms with E-state index in [0.29, 0.717) is 4.47 Å². The topological polar surface area (TPSA) is 43.4 Å². The highest BCUT2D eigenvalue weighted by Crippen LogP contribution is 2.31. The second kappa shape index (κ2) is 5.14. The largest absolute Gasteiger partial charge is 0.523 e. The Balaban J connectivity index is 3.03. The van der Waals surface area contributed by atoms with Crippen molar-refractivity contribution in [1.29, 1.82) is 0 Å². The highest BCUT2D eigenvalue weighted by atomic mass is 79.9. The zero-order valence-electron chi connectivity index (χ0n) is 8.83. The summed E-state index contributed by atoms with van der Waals surface area (Å²) in [6, 6.07) is 3.45. The van der Waals surface area contributed by atoms with E-state index in [1.807, 2.05) is 0 Å². The van der Waals surface area contributed by atoms with Crippen molar-refractivity contribution in [3.05, 3.63) is 34.1 Å². The van der Waals surface area contributed by atoms with E-state index < -0.39 is 27.5 Å². The summed E-state index contributed by atoms with van der Waals surface area (Å²) < 4.78 is 75.3. The zero-order chi connectivity index (χ0) is 14.1. The summed E-state index contributed by atoms with van der Waals surface area (Å²) in [6.07, 6.45) is -1.59. The fourth-order valence-corrected chi connectivity index (χ4v) is 2.09. The molecular formula is C9H7BrF4O3S. The lowest BCUT2D eigenvalue weighted by molar-refractivity contribution is -0.0570. The third kappa shape index (κ3) is 3.42. The molecule has 0 amide bonds. The molecule has 1 aromatic carbocycles. The summed E-state index contributed by atoms with van der Waals surface area (Å²) in [5, 5.41) is 0. The maximum absolute atomic E-state index is 13.3. The molecule has 0 aliphatic rings. The maximum Gasteiger partial charge on any atom is 0.523 e. The Morgan fingerprint density at radius 2 is 1.89 bits per heavy atom. The van der Waals surface area contributed by atoms with Gasteiger partial charge in [-0.3, -0.25) is 4.18 Å². The summed E-state index contributed by atoms with van der Waals surface area (Å²) >= 11 is 2.99. The van der Waals surface area contributed by atoms with Crippen LogP contribution in [0.25, 0.3) is 0 Å². The molecule has 0 saturated heterocycles. The summed E-state index contributed by atoms with van der Waals surface area (Å²) in [4.78, 5) is 0. The van der Waals surface area contributed by atoms with E-state index in [-0.39, 0.29) is 5.56 Å². The Labute approximate surface area is 109 Å². The molecule has 9 heteroatoms. The lowest BCUT2D eigenvalue weighted by Gasteiger charge is -2.15. The van der Waals surface area contributed by atoms with Gasteiger partial charge in [-0.05, 0) is 25.1 Å². The van der Waals surface area contributed by atoms with Gasteiger partial charge in [0.2, 0.25) is 0 Å². The van der Waals surface area contributed by atoms with Crippen LogP contribution < -0.4 is 0 Å². The molecule has 0 aliphatic carbocycles. The first-order valence-electron chi connectivity index (χ1n) is 4.49. The molecule has 0 bridgehead atoms. The molecule has 0 aliphatic heterocycles. The molecule has 1 unspecified atom stereocenters. The van der Waals surface area contributed by atoms with Crippen LogP contribution >= 0.6 is 15.9 Å². The van der Waals surface area contributed by atoms with Crippen molar-refractivity contribution in [1.82, 2.24) is 0 Å². The van der Waals surface area contributed by atoms with E-state index in [9.17, 15) is 26.0 Å². The average molecular weight is 351 g/mol. The molecule has 0 N–H and O–H groups in total. The molecule has 0 spiro atoms. The fraction of sp³-hybridized carbons (Fsp3) is 0.333. The van der Waals surface area contributed by atoms with Crippen molar-refractivity contribution in [2.75, 3.05) is 0 Å². The first-order chi connectivity index (χ1) is 8.04. The highest BCUT2D eigenvalue weighted by molar-refractivity contribution is 9.10. The van der Waals surface area contributed by atoms with Gasteiger partial charge in [0.05, 0.1) is 0 Å². The number of hydrogen-bond acceptors (Lipinski definition) is 3. The van der Waals surface area contributed by atoms with Gasteiger partial charge < -0.3 is 0 Å². The van der Waals surface area contributed by atoms with Gasteiger partial charge in [0.25, 0.3) is 0 Å². The second-order valence-electron chi connectivity index (χ2n) is 3.30. The van der Waals surface area contributed by atoms with E-state index in [4.69, 9.17) is 0 Å². The van der Waals surface area contributed by atoms with E-state index in [1.165, 1.54) is 6.07 Å². The summed E-state index contributed by atoms with van der Waals surface area (Å²) in [7, 11) is -5.76. The lowest BCUT2D eigenvalue weighted by Crippen LogP contribution is -2.26. The van der Waals surface area contributed by atoms with Crippen molar-refractivity contribution < 1.29 is 30.2 Å². The molecule has 0 fully saturated rings. The quantitative estimate of drug-likeness (QED) is 0.476. The molecule has 18 heavy (non-hydrogen) atoms.